The Morgan fingerprint density at radius 3 is 2.46 bits per heavy atom. The lowest BCUT2D eigenvalue weighted by Gasteiger charge is -2.34. The molecule has 1 heterocycles. The summed E-state index contributed by atoms with van der Waals surface area (Å²) < 4.78 is 5.72. The molecule has 0 atom stereocenters. The van der Waals surface area contributed by atoms with E-state index in [9.17, 15) is 9.59 Å². The molecule has 2 amide bonds. The minimum absolute atomic E-state index is 0.0114. The molecule has 0 unspecified atom stereocenters. The largest absolute Gasteiger partial charge is 0.492 e. The van der Waals surface area contributed by atoms with E-state index in [1.54, 1.807) is 29.2 Å². The molecule has 148 valence electrons. The second-order valence-corrected chi connectivity index (χ2v) is 7.01. The van der Waals surface area contributed by atoms with Gasteiger partial charge in [0, 0.05) is 43.3 Å². The quantitative estimate of drug-likeness (QED) is 0.773. The Hall–Kier alpha value is -2.57. The highest BCUT2D eigenvalue weighted by molar-refractivity contribution is 6.30. The summed E-state index contributed by atoms with van der Waals surface area (Å²) >= 11 is 5.89. The first kappa shape index (κ1) is 20.2. The zero-order valence-corrected chi connectivity index (χ0v) is 16.4. The van der Waals surface area contributed by atoms with Crippen molar-refractivity contribution in [3.63, 3.8) is 0 Å². The lowest BCUT2D eigenvalue weighted by molar-refractivity contribution is -0.131. The summed E-state index contributed by atoms with van der Waals surface area (Å²) in [4.78, 5) is 28.5. The Labute approximate surface area is 170 Å². The van der Waals surface area contributed by atoms with Gasteiger partial charge in [-0.25, -0.2) is 0 Å². The van der Waals surface area contributed by atoms with Gasteiger partial charge in [-0.15, -0.1) is 0 Å². The van der Waals surface area contributed by atoms with Crippen molar-refractivity contribution in [2.45, 2.75) is 0 Å². The van der Waals surface area contributed by atoms with Gasteiger partial charge in [-0.05, 0) is 30.3 Å². The minimum Gasteiger partial charge on any atom is -0.492 e. The molecule has 0 radical (unpaired) electrons. The lowest BCUT2D eigenvalue weighted by Crippen LogP contribution is -2.51. The molecule has 2 aromatic rings. The SMILES string of the molecule is O=C(NCC(=O)N1CCN(CCOc2ccccc2)CC1)c1cccc(Cl)c1. The maximum Gasteiger partial charge on any atom is 0.251 e. The molecule has 1 fully saturated rings. The highest BCUT2D eigenvalue weighted by Gasteiger charge is 2.21. The van der Waals surface area contributed by atoms with E-state index in [0.29, 0.717) is 30.3 Å². The Morgan fingerprint density at radius 2 is 1.75 bits per heavy atom. The minimum atomic E-state index is -0.299. The molecule has 28 heavy (non-hydrogen) atoms. The first-order valence-corrected chi connectivity index (χ1v) is 9.71. The van der Waals surface area contributed by atoms with Crippen LogP contribution >= 0.6 is 11.6 Å². The topological polar surface area (TPSA) is 61.9 Å². The Balaban J connectivity index is 1.35. The van der Waals surface area contributed by atoms with Gasteiger partial charge in [0.2, 0.25) is 5.91 Å². The van der Waals surface area contributed by atoms with Gasteiger partial charge in [0.25, 0.3) is 5.91 Å². The van der Waals surface area contributed by atoms with E-state index < -0.39 is 0 Å². The molecule has 7 heteroatoms. The van der Waals surface area contributed by atoms with E-state index in [-0.39, 0.29) is 18.4 Å². The normalized spacial score (nSPS) is 14.5. The standard InChI is InChI=1S/C21H24ClN3O3/c22-18-6-4-5-17(15-18)21(27)23-16-20(26)25-11-9-24(10-12-25)13-14-28-19-7-2-1-3-8-19/h1-8,15H,9-14,16H2,(H,23,27). The van der Waals surface area contributed by atoms with Gasteiger partial charge in [-0.2, -0.15) is 0 Å². The molecule has 1 aliphatic rings. The van der Waals surface area contributed by atoms with Crippen LogP contribution in [0.25, 0.3) is 0 Å². The molecule has 0 bridgehead atoms. The van der Waals surface area contributed by atoms with Gasteiger partial charge < -0.3 is 15.0 Å². The van der Waals surface area contributed by atoms with E-state index in [0.717, 1.165) is 25.4 Å². The van der Waals surface area contributed by atoms with Crippen LogP contribution in [0, 0.1) is 0 Å². The maximum atomic E-state index is 12.3. The summed E-state index contributed by atoms with van der Waals surface area (Å²) in [7, 11) is 0. The fraction of sp³-hybridized carbons (Fsp3) is 0.333. The highest BCUT2D eigenvalue weighted by atomic mass is 35.5. The predicted molar refractivity (Wildman–Crippen MR) is 109 cm³/mol. The number of hydrogen-bond donors (Lipinski definition) is 1. The van der Waals surface area contributed by atoms with Crippen molar-refractivity contribution in [3.05, 3.63) is 65.2 Å². The number of carbonyl (C=O) groups is 2. The third-order valence-electron chi connectivity index (χ3n) is 4.63. The first-order chi connectivity index (χ1) is 13.6. The van der Waals surface area contributed by atoms with Crippen molar-refractivity contribution >= 4 is 23.4 Å². The Kier molecular flexibility index (Phi) is 7.28. The number of carbonyl (C=O) groups excluding carboxylic acids is 2. The molecule has 2 aromatic carbocycles. The average Bonchev–Trinajstić information content (AvgIpc) is 2.73. The Morgan fingerprint density at radius 1 is 1.00 bits per heavy atom. The van der Waals surface area contributed by atoms with Crippen LogP contribution in [-0.2, 0) is 4.79 Å². The van der Waals surface area contributed by atoms with Gasteiger partial charge in [0.1, 0.15) is 12.4 Å². The van der Waals surface area contributed by atoms with E-state index in [2.05, 4.69) is 10.2 Å². The van der Waals surface area contributed by atoms with Crippen LogP contribution in [0.4, 0.5) is 0 Å². The number of rotatable bonds is 7. The van der Waals surface area contributed by atoms with Gasteiger partial charge >= 0.3 is 0 Å². The van der Waals surface area contributed by atoms with Crippen molar-refractivity contribution < 1.29 is 14.3 Å². The number of benzene rings is 2. The summed E-state index contributed by atoms with van der Waals surface area (Å²) in [6.07, 6.45) is 0. The van der Waals surface area contributed by atoms with Crippen LogP contribution in [0.3, 0.4) is 0 Å². The third-order valence-corrected chi connectivity index (χ3v) is 4.87. The summed E-state index contributed by atoms with van der Waals surface area (Å²) in [6, 6.07) is 16.4. The molecule has 1 N–H and O–H groups in total. The zero-order chi connectivity index (χ0) is 19.8. The van der Waals surface area contributed by atoms with Crippen molar-refractivity contribution in [1.29, 1.82) is 0 Å². The molecule has 0 saturated carbocycles. The van der Waals surface area contributed by atoms with E-state index in [1.807, 2.05) is 30.3 Å². The second kappa shape index (κ2) is 10.1. The Bertz CT molecular complexity index is 792. The van der Waals surface area contributed by atoms with Crippen LogP contribution < -0.4 is 10.1 Å². The van der Waals surface area contributed by atoms with Crippen LogP contribution in [0.1, 0.15) is 10.4 Å². The molecular weight excluding hydrogens is 378 g/mol. The number of nitrogens with one attached hydrogen (secondary N) is 1. The van der Waals surface area contributed by atoms with E-state index in [4.69, 9.17) is 16.3 Å². The molecule has 0 aliphatic carbocycles. The number of hydrogen-bond acceptors (Lipinski definition) is 4. The molecule has 3 rings (SSSR count). The van der Waals surface area contributed by atoms with Crippen molar-refractivity contribution in [3.8, 4) is 5.75 Å². The van der Waals surface area contributed by atoms with Crippen molar-refractivity contribution in [2.24, 2.45) is 0 Å². The molecule has 1 saturated heterocycles. The number of halogens is 1. The average molecular weight is 402 g/mol. The van der Waals surface area contributed by atoms with Gasteiger partial charge in [-0.1, -0.05) is 35.9 Å². The first-order valence-electron chi connectivity index (χ1n) is 9.33. The molecule has 6 nitrogen and oxygen atoms in total. The lowest BCUT2D eigenvalue weighted by atomic mass is 10.2. The number of nitrogens with zero attached hydrogens (tertiary/aromatic N) is 2. The molecular formula is C21H24ClN3O3. The summed E-state index contributed by atoms with van der Waals surface area (Å²) in [5.41, 5.74) is 0.448. The van der Waals surface area contributed by atoms with E-state index >= 15 is 0 Å². The zero-order valence-electron chi connectivity index (χ0n) is 15.6. The molecule has 0 spiro atoms. The van der Waals surface area contributed by atoms with Crippen molar-refractivity contribution in [2.75, 3.05) is 45.9 Å². The van der Waals surface area contributed by atoms with Gasteiger partial charge in [0.15, 0.2) is 0 Å². The van der Waals surface area contributed by atoms with Gasteiger partial charge in [0.05, 0.1) is 6.54 Å². The van der Waals surface area contributed by atoms with Crippen LogP contribution in [0.15, 0.2) is 54.6 Å². The maximum absolute atomic E-state index is 12.3. The van der Waals surface area contributed by atoms with E-state index in [1.165, 1.54) is 0 Å². The highest BCUT2D eigenvalue weighted by Crippen LogP contribution is 2.11. The van der Waals surface area contributed by atoms with Crippen LogP contribution in [0.2, 0.25) is 5.02 Å². The fourth-order valence-electron chi connectivity index (χ4n) is 3.03. The van der Waals surface area contributed by atoms with Crippen molar-refractivity contribution in [1.82, 2.24) is 15.1 Å². The third kappa shape index (κ3) is 5.97. The van der Waals surface area contributed by atoms with Crippen LogP contribution in [-0.4, -0.2) is 67.5 Å². The number of amides is 2. The summed E-state index contributed by atoms with van der Waals surface area (Å²) in [5, 5.41) is 3.16. The van der Waals surface area contributed by atoms with Crippen LogP contribution in [0.5, 0.6) is 5.75 Å². The second-order valence-electron chi connectivity index (χ2n) is 6.58. The predicted octanol–water partition coefficient (Wildman–Crippen LogP) is 2.29. The smallest absolute Gasteiger partial charge is 0.251 e. The monoisotopic (exact) mass is 401 g/mol. The summed E-state index contributed by atoms with van der Waals surface area (Å²) in [5.74, 6) is 0.495. The number of piperazine rings is 1. The van der Waals surface area contributed by atoms with Gasteiger partial charge in [-0.3, -0.25) is 14.5 Å². The summed E-state index contributed by atoms with van der Waals surface area (Å²) in [6.45, 7) is 4.32. The number of para-hydroxylation sites is 1. The molecule has 1 aliphatic heterocycles. The number of ether oxygens (including phenoxy) is 1. The fourth-order valence-corrected chi connectivity index (χ4v) is 3.22. The molecule has 0 aromatic heterocycles.